The zero-order chi connectivity index (χ0) is 23.0. The van der Waals surface area contributed by atoms with Crippen LogP contribution in [0.3, 0.4) is 0 Å². The van der Waals surface area contributed by atoms with Crippen molar-refractivity contribution >= 4 is 50.7 Å². The number of hydrogen-bond acceptors (Lipinski definition) is 8. The standard InChI is InChI=1S/C23H20ClN3O5S/c1-22-16(28)9-23(32-22,6-7-31-17-5-2-12(24)10-25-17)19-18(22)20(29)27(21(19)30)13-3-4-14-15(8-13)33-11-26-14/h2-5,8,10-11,16,18-19,28H,6-7,9H2,1H3/t16-,18-,19+,22-,23+/m0/s1. The minimum absolute atomic E-state index is 0.217. The van der Waals surface area contributed by atoms with Gasteiger partial charge in [0.15, 0.2) is 0 Å². The second-order valence-electron chi connectivity index (χ2n) is 8.96. The fraction of sp³-hybridized carbons (Fsp3) is 0.391. The number of amides is 2. The zero-order valence-corrected chi connectivity index (χ0v) is 19.2. The summed E-state index contributed by atoms with van der Waals surface area (Å²) in [6.07, 6.45) is 1.24. The van der Waals surface area contributed by atoms with Gasteiger partial charge < -0.3 is 14.6 Å². The van der Waals surface area contributed by atoms with Crippen LogP contribution in [0, 0.1) is 11.8 Å². The van der Waals surface area contributed by atoms with Crippen molar-refractivity contribution in [3.05, 3.63) is 47.1 Å². The third-order valence-electron chi connectivity index (χ3n) is 7.16. The van der Waals surface area contributed by atoms with Crippen LogP contribution in [0.25, 0.3) is 10.2 Å². The lowest BCUT2D eigenvalue weighted by molar-refractivity contribution is -0.134. The highest BCUT2D eigenvalue weighted by molar-refractivity contribution is 7.16. The Balaban J connectivity index is 1.30. The molecule has 0 radical (unpaired) electrons. The van der Waals surface area contributed by atoms with Gasteiger partial charge in [0.2, 0.25) is 17.7 Å². The van der Waals surface area contributed by atoms with E-state index in [1.165, 1.54) is 22.4 Å². The molecule has 2 bridgehead atoms. The van der Waals surface area contributed by atoms with E-state index in [4.69, 9.17) is 21.1 Å². The van der Waals surface area contributed by atoms with Crippen LogP contribution < -0.4 is 9.64 Å². The smallest absolute Gasteiger partial charge is 0.240 e. The van der Waals surface area contributed by atoms with Crippen molar-refractivity contribution in [1.82, 2.24) is 9.97 Å². The van der Waals surface area contributed by atoms with Crippen LogP contribution in [-0.4, -0.2) is 50.8 Å². The van der Waals surface area contributed by atoms with Gasteiger partial charge >= 0.3 is 0 Å². The maximum atomic E-state index is 13.7. The Kier molecular flexibility index (Phi) is 4.58. The number of nitrogens with zero attached hydrogens (tertiary/aromatic N) is 3. The number of halogens is 1. The van der Waals surface area contributed by atoms with E-state index in [1.807, 2.05) is 6.07 Å². The number of carbonyl (C=O) groups is 2. The maximum absolute atomic E-state index is 13.7. The van der Waals surface area contributed by atoms with Crippen LogP contribution in [0.4, 0.5) is 5.69 Å². The first-order chi connectivity index (χ1) is 15.8. The van der Waals surface area contributed by atoms with Crippen LogP contribution >= 0.6 is 22.9 Å². The predicted molar refractivity (Wildman–Crippen MR) is 121 cm³/mol. The molecule has 0 unspecified atom stereocenters. The third kappa shape index (κ3) is 2.96. The molecule has 1 aromatic carbocycles. The highest BCUT2D eigenvalue weighted by Crippen LogP contribution is 2.62. The van der Waals surface area contributed by atoms with Crippen molar-refractivity contribution in [2.24, 2.45) is 11.8 Å². The van der Waals surface area contributed by atoms with E-state index >= 15 is 0 Å². The summed E-state index contributed by atoms with van der Waals surface area (Å²) in [5.41, 5.74) is 0.955. The molecule has 3 aliphatic rings. The van der Waals surface area contributed by atoms with Crippen LogP contribution in [0.15, 0.2) is 42.0 Å². The van der Waals surface area contributed by atoms with Crippen molar-refractivity contribution in [3.8, 4) is 5.88 Å². The molecule has 3 fully saturated rings. The van der Waals surface area contributed by atoms with Gasteiger partial charge in [0.05, 0.1) is 56.6 Å². The number of hydrogen-bond donors (Lipinski definition) is 1. The summed E-state index contributed by atoms with van der Waals surface area (Å²) in [6.45, 7) is 1.95. The normalized spacial score (nSPS) is 32.7. The number of rotatable bonds is 5. The zero-order valence-electron chi connectivity index (χ0n) is 17.6. The van der Waals surface area contributed by atoms with E-state index in [0.29, 0.717) is 23.0 Å². The fourth-order valence-electron chi connectivity index (χ4n) is 5.64. The first kappa shape index (κ1) is 21.0. The largest absolute Gasteiger partial charge is 0.478 e. The minimum atomic E-state index is -1.13. The van der Waals surface area contributed by atoms with Crippen LogP contribution in [0.2, 0.25) is 5.02 Å². The third-order valence-corrected chi connectivity index (χ3v) is 8.18. The molecule has 0 spiro atoms. The number of aliphatic hydroxyl groups excluding tert-OH is 1. The monoisotopic (exact) mass is 485 g/mol. The Morgan fingerprint density at radius 1 is 1.24 bits per heavy atom. The first-order valence-electron chi connectivity index (χ1n) is 10.7. The number of thiazole rings is 1. The Hall–Kier alpha value is -2.59. The van der Waals surface area contributed by atoms with Crippen molar-refractivity contribution in [2.75, 3.05) is 11.5 Å². The van der Waals surface area contributed by atoms with Gasteiger partial charge in [-0.05, 0) is 31.2 Å². The summed E-state index contributed by atoms with van der Waals surface area (Å²) >= 11 is 7.32. The van der Waals surface area contributed by atoms with Gasteiger partial charge in [0, 0.05) is 25.1 Å². The van der Waals surface area contributed by atoms with Gasteiger partial charge in [-0.3, -0.25) is 9.59 Å². The molecular weight excluding hydrogens is 466 g/mol. The van der Waals surface area contributed by atoms with Crippen molar-refractivity contribution in [1.29, 1.82) is 0 Å². The van der Waals surface area contributed by atoms with Crippen molar-refractivity contribution in [3.63, 3.8) is 0 Å². The fourth-order valence-corrected chi connectivity index (χ4v) is 6.46. The summed E-state index contributed by atoms with van der Waals surface area (Å²) in [4.78, 5) is 36.8. The molecule has 0 aliphatic carbocycles. The quantitative estimate of drug-likeness (QED) is 0.553. The molecule has 3 saturated heterocycles. The second-order valence-corrected chi connectivity index (χ2v) is 10.3. The van der Waals surface area contributed by atoms with Crippen molar-refractivity contribution in [2.45, 2.75) is 37.1 Å². The number of fused-ring (bicyclic) bond motifs is 6. The average molecular weight is 486 g/mol. The summed E-state index contributed by atoms with van der Waals surface area (Å²) in [5.74, 6) is -1.66. The van der Waals surface area contributed by atoms with E-state index in [2.05, 4.69) is 9.97 Å². The summed E-state index contributed by atoms with van der Waals surface area (Å²) in [6, 6.07) is 8.70. The highest BCUT2D eigenvalue weighted by Gasteiger charge is 2.77. The number of pyridine rings is 1. The molecule has 3 aromatic rings. The van der Waals surface area contributed by atoms with Crippen LogP contribution in [0.1, 0.15) is 19.8 Å². The molecule has 0 saturated carbocycles. The minimum Gasteiger partial charge on any atom is -0.478 e. The van der Waals surface area contributed by atoms with E-state index in [1.54, 1.807) is 36.7 Å². The van der Waals surface area contributed by atoms with E-state index in [9.17, 15) is 14.7 Å². The number of carbonyl (C=O) groups excluding carboxylic acids is 2. The SMILES string of the molecule is C[C@]12O[C@](CCOc3ccc(Cl)cn3)(C[C@@H]1O)[C@H]1C(=O)N(c3ccc4ncsc4c3)C(=O)[C@H]12. The number of aliphatic hydroxyl groups is 1. The summed E-state index contributed by atoms with van der Waals surface area (Å²) in [7, 11) is 0. The Bertz CT molecular complexity index is 1280. The lowest BCUT2D eigenvalue weighted by atomic mass is 9.66. The van der Waals surface area contributed by atoms with E-state index in [-0.39, 0.29) is 24.8 Å². The Morgan fingerprint density at radius 3 is 2.85 bits per heavy atom. The van der Waals surface area contributed by atoms with E-state index < -0.39 is 29.1 Å². The lowest BCUT2D eigenvalue weighted by Gasteiger charge is -2.33. The van der Waals surface area contributed by atoms with Gasteiger partial charge in [-0.2, -0.15) is 0 Å². The predicted octanol–water partition coefficient (Wildman–Crippen LogP) is 3.21. The molecule has 10 heteroatoms. The topological polar surface area (TPSA) is 102 Å². The number of anilines is 1. The van der Waals surface area contributed by atoms with Gasteiger partial charge in [-0.25, -0.2) is 14.9 Å². The second kappa shape index (κ2) is 7.20. The molecule has 2 amide bonds. The maximum Gasteiger partial charge on any atom is 0.240 e. The Morgan fingerprint density at radius 2 is 2.06 bits per heavy atom. The molecule has 33 heavy (non-hydrogen) atoms. The first-order valence-corrected chi connectivity index (χ1v) is 11.9. The van der Waals surface area contributed by atoms with Gasteiger partial charge in [-0.15, -0.1) is 11.3 Å². The van der Waals surface area contributed by atoms with E-state index in [0.717, 1.165) is 10.2 Å². The molecule has 3 aliphatic heterocycles. The number of imide groups is 1. The van der Waals surface area contributed by atoms with Crippen LogP contribution in [-0.2, 0) is 14.3 Å². The lowest BCUT2D eigenvalue weighted by Crippen LogP contribution is -2.49. The molecule has 5 atom stereocenters. The number of ether oxygens (including phenoxy) is 2. The molecule has 2 aromatic heterocycles. The molecular formula is C23H20ClN3O5S. The summed E-state index contributed by atoms with van der Waals surface area (Å²) < 4.78 is 13.0. The van der Waals surface area contributed by atoms with Gasteiger partial charge in [0.25, 0.3) is 0 Å². The molecule has 8 nitrogen and oxygen atoms in total. The molecule has 5 heterocycles. The Labute approximate surface area is 198 Å². The van der Waals surface area contributed by atoms with Gasteiger partial charge in [-0.1, -0.05) is 11.6 Å². The average Bonchev–Trinajstić information content (AvgIpc) is 3.48. The molecule has 170 valence electrons. The van der Waals surface area contributed by atoms with Crippen molar-refractivity contribution < 1.29 is 24.2 Å². The van der Waals surface area contributed by atoms with Crippen LogP contribution in [0.5, 0.6) is 5.88 Å². The summed E-state index contributed by atoms with van der Waals surface area (Å²) in [5, 5.41) is 11.3. The molecule has 1 N–H and O–H groups in total. The highest BCUT2D eigenvalue weighted by atomic mass is 35.5. The number of benzene rings is 1. The molecule has 6 rings (SSSR count). The number of aromatic nitrogens is 2. The van der Waals surface area contributed by atoms with Gasteiger partial charge in [0.1, 0.15) is 5.60 Å².